The quantitative estimate of drug-likeness (QED) is 0.453. The van der Waals surface area contributed by atoms with Crippen molar-refractivity contribution in [2.75, 3.05) is 45.6 Å². The highest BCUT2D eigenvalue weighted by atomic mass is 32.2. The minimum Gasteiger partial charge on any atom is -0.383 e. The number of imidazole rings is 1. The largest absolute Gasteiger partial charge is 0.383 e. The Hall–Kier alpha value is -2.40. The number of aryl methyl sites for hydroxylation is 1. The second kappa shape index (κ2) is 10.3. The minimum absolute atomic E-state index is 0.0160. The van der Waals surface area contributed by atoms with Crippen molar-refractivity contribution >= 4 is 38.7 Å². The van der Waals surface area contributed by atoms with Gasteiger partial charge in [-0.15, -0.1) is 0 Å². The van der Waals surface area contributed by atoms with Gasteiger partial charge in [0.2, 0.25) is 15.9 Å². The lowest BCUT2D eigenvalue weighted by Gasteiger charge is -2.34. The van der Waals surface area contributed by atoms with Crippen molar-refractivity contribution in [3.63, 3.8) is 0 Å². The van der Waals surface area contributed by atoms with Gasteiger partial charge >= 0.3 is 0 Å². The number of carbonyl (C=O) groups is 1. The molecule has 1 aromatic heterocycles. The standard InChI is InChI=1S/C23H28N4O4S2/c1-18-7-9-19(10-8-18)33(29,30)26-13-11-25(12-14-26)22(28)17-32-23-24-20-5-3-4-6-21(20)27(23)15-16-31-2/h3-10H,11-17H2,1-2H3. The van der Waals surface area contributed by atoms with Crippen LogP contribution in [0.1, 0.15) is 5.56 Å². The molecule has 2 aromatic carbocycles. The van der Waals surface area contributed by atoms with Gasteiger partial charge in [-0.1, -0.05) is 41.6 Å². The number of rotatable bonds is 8. The van der Waals surface area contributed by atoms with Crippen molar-refractivity contribution in [1.29, 1.82) is 0 Å². The van der Waals surface area contributed by atoms with Crippen LogP contribution in [0.2, 0.25) is 0 Å². The van der Waals surface area contributed by atoms with E-state index in [0.29, 0.717) is 44.2 Å². The second-order valence-corrected chi connectivity index (χ2v) is 10.8. The summed E-state index contributed by atoms with van der Waals surface area (Å²) in [6, 6.07) is 14.7. The zero-order valence-corrected chi connectivity index (χ0v) is 20.4. The van der Waals surface area contributed by atoms with Crippen molar-refractivity contribution < 1.29 is 17.9 Å². The van der Waals surface area contributed by atoms with E-state index in [1.165, 1.54) is 16.1 Å². The van der Waals surface area contributed by atoms with Crippen LogP contribution in [-0.2, 0) is 26.1 Å². The van der Waals surface area contributed by atoms with Gasteiger partial charge in [-0.25, -0.2) is 13.4 Å². The molecule has 33 heavy (non-hydrogen) atoms. The van der Waals surface area contributed by atoms with E-state index in [0.717, 1.165) is 21.8 Å². The number of ether oxygens (including phenoxy) is 1. The molecule has 2 heterocycles. The highest BCUT2D eigenvalue weighted by Crippen LogP contribution is 2.25. The van der Waals surface area contributed by atoms with Gasteiger partial charge in [-0.2, -0.15) is 4.31 Å². The zero-order valence-electron chi connectivity index (χ0n) is 18.8. The number of benzene rings is 2. The highest BCUT2D eigenvalue weighted by Gasteiger charge is 2.30. The predicted molar refractivity (Wildman–Crippen MR) is 129 cm³/mol. The number of fused-ring (bicyclic) bond motifs is 1. The Bertz CT molecular complexity index is 1220. The van der Waals surface area contributed by atoms with Crippen LogP contribution in [-0.4, -0.2) is 78.7 Å². The van der Waals surface area contributed by atoms with Gasteiger partial charge < -0.3 is 14.2 Å². The molecule has 176 valence electrons. The molecule has 0 aliphatic carbocycles. The summed E-state index contributed by atoms with van der Waals surface area (Å²) in [7, 11) is -1.89. The molecule has 0 atom stereocenters. The number of para-hydroxylation sites is 2. The molecular formula is C23H28N4O4S2. The van der Waals surface area contributed by atoms with Gasteiger partial charge in [0.25, 0.3) is 0 Å². The molecule has 0 N–H and O–H groups in total. The molecule has 0 unspecified atom stereocenters. The van der Waals surface area contributed by atoms with Crippen LogP contribution in [0, 0.1) is 6.92 Å². The number of hydrogen-bond acceptors (Lipinski definition) is 6. The summed E-state index contributed by atoms with van der Waals surface area (Å²) in [5, 5.41) is 0.780. The molecule has 4 rings (SSSR count). The summed E-state index contributed by atoms with van der Waals surface area (Å²) in [5.74, 6) is 0.235. The number of carbonyl (C=O) groups excluding carboxylic acids is 1. The van der Waals surface area contributed by atoms with Crippen molar-refractivity contribution in [3.8, 4) is 0 Å². The fraction of sp³-hybridized carbons (Fsp3) is 0.391. The van der Waals surface area contributed by atoms with Crippen molar-refractivity contribution in [3.05, 3.63) is 54.1 Å². The maximum absolute atomic E-state index is 12.9. The molecule has 1 fully saturated rings. The molecule has 8 nitrogen and oxygen atoms in total. The minimum atomic E-state index is -3.55. The third-order valence-electron chi connectivity index (χ3n) is 5.71. The predicted octanol–water partition coefficient (Wildman–Crippen LogP) is 2.62. The van der Waals surface area contributed by atoms with Gasteiger partial charge in [-0.05, 0) is 31.2 Å². The van der Waals surface area contributed by atoms with Gasteiger partial charge in [0, 0.05) is 39.8 Å². The van der Waals surface area contributed by atoms with E-state index in [1.807, 2.05) is 31.2 Å². The number of sulfonamides is 1. The highest BCUT2D eigenvalue weighted by molar-refractivity contribution is 7.99. The van der Waals surface area contributed by atoms with Crippen LogP contribution in [0.4, 0.5) is 0 Å². The third kappa shape index (κ3) is 5.24. The van der Waals surface area contributed by atoms with Gasteiger partial charge in [0.15, 0.2) is 5.16 Å². The smallest absolute Gasteiger partial charge is 0.243 e. The summed E-state index contributed by atoms with van der Waals surface area (Å²) in [6.45, 7) is 4.47. The van der Waals surface area contributed by atoms with E-state index >= 15 is 0 Å². The average Bonchev–Trinajstić information content (AvgIpc) is 3.19. The van der Waals surface area contributed by atoms with Crippen LogP contribution >= 0.6 is 11.8 Å². The monoisotopic (exact) mass is 488 g/mol. The first-order chi connectivity index (χ1) is 15.9. The fourth-order valence-electron chi connectivity index (χ4n) is 3.82. The van der Waals surface area contributed by atoms with E-state index in [2.05, 4.69) is 9.55 Å². The van der Waals surface area contributed by atoms with Crippen molar-refractivity contribution in [2.24, 2.45) is 0 Å². The average molecular weight is 489 g/mol. The Morgan fingerprint density at radius 1 is 1.06 bits per heavy atom. The van der Waals surface area contributed by atoms with Crippen LogP contribution in [0.25, 0.3) is 11.0 Å². The number of piperazine rings is 1. The number of methoxy groups -OCH3 is 1. The molecule has 1 saturated heterocycles. The summed E-state index contributed by atoms with van der Waals surface area (Å²) < 4.78 is 34.5. The first-order valence-corrected chi connectivity index (χ1v) is 13.2. The molecule has 10 heteroatoms. The molecule has 3 aromatic rings. The summed E-state index contributed by atoms with van der Waals surface area (Å²) in [6.07, 6.45) is 0. The van der Waals surface area contributed by atoms with Gasteiger partial charge in [0.05, 0.1) is 28.3 Å². The lowest BCUT2D eigenvalue weighted by atomic mass is 10.2. The lowest BCUT2D eigenvalue weighted by molar-refractivity contribution is -0.129. The molecule has 0 radical (unpaired) electrons. The second-order valence-electron chi connectivity index (χ2n) is 7.91. The molecule has 1 aliphatic rings. The number of aromatic nitrogens is 2. The molecule has 0 saturated carbocycles. The summed E-state index contributed by atoms with van der Waals surface area (Å²) >= 11 is 1.40. The zero-order chi connectivity index (χ0) is 23.4. The first kappa shape index (κ1) is 23.7. The summed E-state index contributed by atoms with van der Waals surface area (Å²) in [4.78, 5) is 19.6. The Labute approximate surface area is 198 Å². The number of hydrogen-bond donors (Lipinski definition) is 0. The number of thioether (sulfide) groups is 1. The number of amides is 1. The third-order valence-corrected chi connectivity index (χ3v) is 8.59. The molecule has 1 amide bonds. The van der Waals surface area contributed by atoms with Crippen molar-refractivity contribution in [1.82, 2.24) is 18.8 Å². The van der Waals surface area contributed by atoms with E-state index in [1.54, 1.807) is 36.3 Å². The SMILES string of the molecule is COCCn1c(SCC(=O)N2CCN(S(=O)(=O)c3ccc(C)cc3)CC2)nc2ccccc21. The van der Waals surface area contributed by atoms with E-state index in [-0.39, 0.29) is 11.7 Å². The maximum Gasteiger partial charge on any atom is 0.243 e. The van der Waals surface area contributed by atoms with Crippen LogP contribution in [0.5, 0.6) is 0 Å². The Balaban J connectivity index is 1.37. The Kier molecular flexibility index (Phi) is 7.38. The first-order valence-electron chi connectivity index (χ1n) is 10.8. The van der Waals surface area contributed by atoms with Crippen LogP contribution in [0.3, 0.4) is 0 Å². The lowest BCUT2D eigenvalue weighted by Crippen LogP contribution is -2.50. The summed E-state index contributed by atoms with van der Waals surface area (Å²) in [5.41, 5.74) is 2.91. The molecule has 1 aliphatic heterocycles. The van der Waals surface area contributed by atoms with E-state index in [4.69, 9.17) is 4.74 Å². The molecule has 0 bridgehead atoms. The topological polar surface area (TPSA) is 84.7 Å². The van der Waals surface area contributed by atoms with Crippen LogP contribution in [0.15, 0.2) is 58.6 Å². The Morgan fingerprint density at radius 2 is 1.76 bits per heavy atom. The Morgan fingerprint density at radius 3 is 2.45 bits per heavy atom. The van der Waals surface area contributed by atoms with E-state index in [9.17, 15) is 13.2 Å². The fourth-order valence-corrected chi connectivity index (χ4v) is 6.18. The van der Waals surface area contributed by atoms with Crippen LogP contribution < -0.4 is 0 Å². The maximum atomic E-state index is 12.9. The molecule has 0 spiro atoms. The normalized spacial score (nSPS) is 15.3. The van der Waals surface area contributed by atoms with Crippen molar-refractivity contribution in [2.45, 2.75) is 23.5 Å². The van der Waals surface area contributed by atoms with Gasteiger partial charge in [0.1, 0.15) is 0 Å². The van der Waals surface area contributed by atoms with E-state index < -0.39 is 10.0 Å². The van der Waals surface area contributed by atoms with Gasteiger partial charge in [-0.3, -0.25) is 4.79 Å². The molecular weight excluding hydrogens is 460 g/mol. The number of nitrogens with zero attached hydrogens (tertiary/aromatic N) is 4.